The van der Waals surface area contributed by atoms with Gasteiger partial charge in [0.2, 0.25) is 0 Å². The van der Waals surface area contributed by atoms with E-state index in [2.05, 4.69) is 0 Å². The summed E-state index contributed by atoms with van der Waals surface area (Å²) in [6.45, 7) is 7.08. The van der Waals surface area contributed by atoms with E-state index < -0.39 is 16.2 Å². The highest BCUT2D eigenvalue weighted by atomic mass is 16.1. The van der Waals surface area contributed by atoms with Crippen LogP contribution in [0, 0.1) is 27.6 Å². The number of rotatable bonds is 0. The molecule has 0 amide bonds. The molecule has 3 aliphatic rings. The molecule has 4 heteroatoms. The summed E-state index contributed by atoms with van der Waals surface area (Å²) in [5, 5.41) is 9.34. The number of Topliss-reactive ketones (excluding diaryl/α,β-unsaturated/α-hetero) is 1. The number of nitrogens with zero attached hydrogens (tertiary/aromatic N) is 1. The van der Waals surface area contributed by atoms with Gasteiger partial charge in [0.1, 0.15) is 6.07 Å². The fourth-order valence-corrected chi connectivity index (χ4v) is 4.04. The van der Waals surface area contributed by atoms with Gasteiger partial charge in [-0.05, 0) is 63.1 Å². The summed E-state index contributed by atoms with van der Waals surface area (Å²) in [5.41, 5.74) is -1.32. The van der Waals surface area contributed by atoms with Gasteiger partial charge in [-0.15, -0.1) is 0 Å². The summed E-state index contributed by atoms with van der Waals surface area (Å²) < 4.78 is 0. The molecule has 116 valence electrons. The van der Waals surface area contributed by atoms with Crippen molar-refractivity contribution in [3.63, 3.8) is 0 Å². The van der Waals surface area contributed by atoms with E-state index in [4.69, 9.17) is 0 Å². The molecule has 0 fully saturated rings. The van der Waals surface area contributed by atoms with E-state index in [-0.39, 0.29) is 22.9 Å². The first-order valence-electron chi connectivity index (χ1n) is 7.48. The van der Waals surface area contributed by atoms with Crippen LogP contribution in [0.1, 0.15) is 27.7 Å². The number of fused-ring (bicyclic) bond motifs is 3. The van der Waals surface area contributed by atoms with E-state index >= 15 is 0 Å². The molecule has 0 bridgehead atoms. The number of carbonyl (C=O) groups excluding carboxylic acids is 3. The van der Waals surface area contributed by atoms with Crippen molar-refractivity contribution in [2.75, 3.05) is 0 Å². The number of allylic oxidation sites excluding steroid dienone is 8. The molecule has 0 heterocycles. The van der Waals surface area contributed by atoms with E-state index in [1.807, 2.05) is 13.0 Å². The number of nitriles is 1. The number of hydrogen-bond acceptors (Lipinski definition) is 4. The van der Waals surface area contributed by atoms with Crippen LogP contribution in [0.4, 0.5) is 0 Å². The van der Waals surface area contributed by atoms with Crippen LogP contribution in [-0.4, -0.2) is 17.3 Å². The third kappa shape index (κ3) is 1.74. The molecule has 4 nitrogen and oxygen atoms in total. The van der Waals surface area contributed by atoms with Crippen molar-refractivity contribution in [2.24, 2.45) is 16.2 Å². The van der Waals surface area contributed by atoms with Crippen LogP contribution in [0.5, 0.6) is 0 Å². The zero-order valence-electron chi connectivity index (χ0n) is 13.6. The standard InChI is InChI=1S/C19H17NO3/c1-17(2)13-8-15(22)18(3)6-5-12(21)7-14(18)19(13,4)9-11(10-20)16(17)23/h5-9H,1-4H3/t18-,19-/m0/s1. The van der Waals surface area contributed by atoms with Crippen LogP contribution >= 0.6 is 0 Å². The average Bonchev–Trinajstić information content (AvgIpc) is 2.49. The molecular weight excluding hydrogens is 290 g/mol. The van der Waals surface area contributed by atoms with Crippen molar-refractivity contribution < 1.29 is 14.4 Å². The van der Waals surface area contributed by atoms with Gasteiger partial charge in [-0.1, -0.05) is 6.08 Å². The minimum atomic E-state index is -0.962. The van der Waals surface area contributed by atoms with Gasteiger partial charge in [0.05, 0.1) is 16.4 Å². The first kappa shape index (κ1) is 15.4. The molecule has 0 saturated carbocycles. The quantitative estimate of drug-likeness (QED) is 0.689. The van der Waals surface area contributed by atoms with Crippen LogP contribution in [-0.2, 0) is 14.4 Å². The highest BCUT2D eigenvalue weighted by molar-refractivity contribution is 6.13. The second-order valence-corrected chi connectivity index (χ2v) is 7.24. The van der Waals surface area contributed by atoms with Crippen molar-refractivity contribution in [1.82, 2.24) is 0 Å². The Morgan fingerprint density at radius 2 is 1.61 bits per heavy atom. The lowest BCUT2D eigenvalue weighted by molar-refractivity contribution is -0.123. The SMILES string of the molecule is CC1(C)C(=O)C(C#N)=C[C@@]2(C)C1=CC(=O)[C@@]1(C)C=CC(=O)C=C21. The predicted molar refractivity (Wildman–Crippen MR) is 84.0 cm³/mol. The van der Waals surface area contributed by atoms with Gasteiger partial charge in [-0.2, -0.15) is 5.26 Å². The Morgan fingerprint density at radius 3 is 2.22 bits per heavy atom. The maximum absolute atomic E-state index is 12.7. The van der Waals surface area contributed by atoms with Crippen LogP contribution in [0.15, 0.2) is 47.1 Å². The summed E-state index contributed by atoms with van der Waals surface area (Å²) in [6.07, 6.45) is 7.63. The average molecular weight is 307 g/mol. The Bertz CT molecular complexity index is 844. The molecule has 0 aliphatic heterocycles. The lowest BCUT2D eigenvalue weighted by atomic mass is 9.50. The second-order valence-electron chi connectivity index (χ2n) is 7.24. The van der Waals surface area contributed by atoms with E-state index in [0.717, 1.165) is 0 Å². The van der Waals surface area contributed by atoms with Gasteiger partial charge in [-0.25, -0.2) is 0 Å². The van der Waals surface area contributed by atoms with Crippen molar-refractivity contribution in [3.05, 3.63) is 47.1 Å². The lowest BCUT2D eigenvalue weighted by Gasteiger charge is -2.51. The summed E-state index contributed by atoms with van der Waals surface area (Å²) in [7, 11) is 0. The van der Waals surface area contributed by atoms with E-state index in [1.54, 1.807) is 32.9 Å². The topological polar surface area (TPSA) is 75.0 Å². The summed E-state index contributed by atoms with van der Waals surface area (Å²) in [6, 6.07) is 1.97. The van der Waals surface area contributed by atoms with Crippen LogP contribution in [0.2, 0.25) is 0 Å². The predicted octanol–water partition coefficient (Wildman–Crippen LogP) is 2.63. The van der Waals surface area contributed by atoms with Gasteiger partial charge < -0.3 is 0 Å². The third-order valence-corrected chi connectivity index (χ3v) is 5.37. The maximum Gasteiger partial charge on any atom is 0.182 e. The Labute approximate surface area is 134 Å². The molecule has 0 spiro atoms. The van der Waals surface area contributed by atoms with Crippen molar-refractivity contribution in [3.8, 4) is 6.07 Å². The zero-order chi connectivity index (χ0) is 17.2. The first-order valence-corrected chi connectivity index (χ1v) is 7.48. The lowest BCUT2D eigenvalue weighted by Crippen LogP contribution is -2.49. The third-order valence-electron chi connectivity index (χ3n) is 5.37. The number of carbonyl (C=O) groups is 3. The minimum Gasteiger partial charge on any atom is -0.294 e. The Morgan fingerprint density at radius 1 is 0.957 bits per heavy atom. The fraction of sp³-hybridized carbons (Fsp3) is 0.368. The molecule has 0 aromatic rings. The molecule has 3 rings (SSSR count). The van der Waals surface area contributed by atoms with Crippen LogP contribution in [0.3, 0.4) is 0 Å². The molecule has 0 unspecified atom stereocenters. The first-order chi connectivity index (χ1) is 10.6. The molecule has 3 aliphatic carbocycles. The Kier molecular flexibility index (Phi) is 2.84. The van der Waals surface area contributed by atoms with Crippen LogP contribution < -0.4 is 0 Å². The number of ketones is 3. The zero-order valence-corrected chi connectivity index (χ0v) is 13.6. The Hall–Kier alpha value is -2.54. The molecule has 0 N–H and O–H groups in total. The molecule has 0 aromatic heterocycles. The highest BCUT2D eigenvalue weighted by Crippen LogP contribution is 2.59. The second kappa shape index (κ2) is 4.26. The largest absolute Gasteiger partial charge is 0.294 e. The van der Waals surface area contributed by atoms with E-state index in [1.165, 1.54) is 18.2 Å². The summed E-state index contributed by atoms with van der Waals surface area (Å²) >= 11 is 0. The van der Waals surface area contributed by atoms with Crippen molar-refractivity contribution in [2.45, 2.75) is 27.7 Å². The highest BCUT2D eigenvalue weighted by Gasteiger charge is 2.56. The van der Waals surface area contributed by atoms with E-state index in [9.17, 15) is 19.6 Å². The molecule has 0 saturated heterocycles. The van der Waals surface area contributed by atoms with Crippen LogP contribution in [0.25, 0.3) is 0 Å². The van der Waals surface area contributed by atoms with Gasteiger partial charge in [0.25, 0.3) is 0 Å². The maximum atomic E-state index is 12.7. The fourth-order valence-electron chi connectivity index (χ4n) is 4.04. The molecular formula is C19H17NO3. The number of hydrogen-bond donors (Lipinski definition) is 0. The van der Waals surface area contributed by atoms with Gasteiger partial charge >= 0.3 is 0 Å². The molecule has 2 atom stereocenters. The summed E-state index contributed by atoms with van der Waals surface area (Å²) in [4.78, 5) is 37.2. The summed E-state index contributed by atoms with van der Waals surface area (Å²) in [5.74, 6) is -0.623. The monoisotopic (exact) mass is 307 g/mol. The van der Waals surface area contributed by atoms with Gasteiger partial charge in [0.15, 0.2) is 17.3 Å². The Balaban J connectivity index is 2.41. The van der Waals surface area contributed by atoms with Gasteiger partial charge in [0, 0.05) is 5.41 Å². The van der Waals surface area contributed by atoms with E-state index in [0.29, 0.717) is 11.1 Å². The van der Waals surface area contributed by atoms with Crippen molar-refractivity contribution in [1.29, 1.82) is 5.26 Å². The van der Waals surface area contributed by atoms with Crippen molar-refractivity contribution >= 4 is 17.3 Å². The minimum absolute atomic E-state index is 0.0780. The smallest absolute Gasteiger partial charge is 0.182 e. The molecule has 0 aromatic carbocycles. The van der Waals surface area contributed by atoms with Gasteiger partial charge in [-0.3, -0.25) is 14.4 Å². The molecule has 0 radical (unpaired) electrons. The normalized spacial score (nSPS) is 34.7. The molecule has 23 heavy (non-hydrogen) atoms.